The lowest BCUT2D eigenvalue weighted by molar-refractivity contribution is 0.202. The van der Waals surface area contributed by atoms with E-state index in [0.717, 1.165) is 25.9 Å². The van der Waals surface area contributed by atoms with Gasteiger partial charge in [0.25, 0.3) is 0 Å². The lowest BCUT2D eigenvalue weighted by Gasteiger charge is -2.31. The summed E-state index contributed by atoms with van der Waals surface area (Å²) >= 11 is 0. The first-order chi connectivity index (χ1) is 9.41. The van der Waals surface area contributed by atoms with E-state index in [4.69, 9.17) is 5.73 Å². The van der Waals surface area contributed by atoms with Gasteiger partial charge in [0.05, 0.1) is 0 Å². The van der Waals surface area contributed by atoms with Crippen molar-refractivity contribution in [2.75, 3.05) is 39.5 Å². The molecular weight excluding hydrogens is 276 g/mol. The summed E-state index contributed by atoms with van der Waals surface area (Å²) < 4.78 is 26.4. The third kappa shape index (κ3) is 3.28. The third-order valence-corrected chi connectivity index (χ3v) is 5.71. The Hall–Kier alpha value is -1.18. The van der Waals surface area contributed by atoms with Crippen LogP contribution >= 0.6 is 0 Å². The van der Waals surface area contributed by atoms with Crippen molar-refractivity contribution in [2.45, 2.75) is 17.7 Å². The molecule has 2 heterocycles. The van der Waals surface area contributed by atoms with Crippen LogP contribution in [-0.2, 0) is 10.0 Å². The molecule has 0 aromatic carbocycles. The fourth-order valence-electron chi connectivity index (χ4n) is 2.50. The number of likely N-dealkylation sites (tertiary alicyclic amines) is 1. The number of rotatable bonds is 4. The van der Waals surface area contributed by atoms with Crippen molar-refractivity contribution in [1.82, 2.24) is 14.2 Å². The maximum absolute atomic E-state index is 12.5. The Morgan fingerprint density at radius 1 is 1.45 bits per heavy atom. The van der Waals surface area contributed by atoms with Crippen LogP contribution in [0.4, 0.5) is 5.82 Å². The van der Waals surface area contributed by atoms with Crippen molar-refractivity contribution in [3.8, 4) is 0 Å². The van der Waals surface area contributed by atoms with Gasteiger partial charge in [0, 0.05) is 19.8 Å². The van der Waals surface area contributed by atoms with Crippen LogP contribution in [0.1, 0.15) is 12.8 Å². The minimum Gasteiger partial charge on any atom is -0.383 e. The molecule has 1 fully saturated rings. The largest absolute Gasteiger partial charge is 0.383 e. The Bertz CT molecular complexity index is 553. The second-order valence-corrected chi connectivity index (χ2v) is 7.43. The van der Waals surface area contributed by atoms with Crippen LogP contribution in [0.25, 0.3) is 0 Å². The Labute approximate surface area is 120 Å². The standard InChI is InChI=1S/C13H22N4O2S/c1-16-8-5-11(6-9-16)10-17(2)20(18,19)12-4-3-7-15-13(12)14/h3-4,7,11H,5-6,8-10H2,1-2H3,(H2,14,15). The number of hydrogen-bond acceptors (Lipinski definition) is 5. The van der Waals surface area contributed by atoms with Gasteiger partial charge in [-0.05, 0) is 51.0 Å². The van der Waals surface area contributed by atoms with Gasteiger partial charge in [0.15, 0.2) is 0 Å². The first-order valence-electron chi connectivity index (χ1n) is 6.76. The lowest BCUT2D eigenvalue weighted by atomic mass is 9.97. The molecule has 1 saturated heterocycles. The van der Waals surface area contributed by atoms with Gasteiger partial charge in [0.1, 0.15) is 10.7 Å². The molecule has 0 unspecified atom stereocenters. The molecule has 0 radical (unpaired) electrons. The summed E-state index contributed by atoms with van der Waals surface area (Å²) in [5, 5.41) is 0. The number of nitrogens with zero attached hydrogens (tertiary/aromatic N) is 3. The predicted molar refractivity (Wildman–Crippen MR) is 78.7 cm³/mol. The van der Waals surface area contributed by atoms with E-state index < -0.39 is 10.0 Å². The summed E-state index contributed by atoms with van der Waals surface area (Å²) in [6.07, 6.45) is 3.54. The van der Waals surface area contributed by atoms with Crippen molar-refractivity contribution in [3.63, 3.8) is 0 Å². The van der Waals surface area contributed by atoms with Crippen molar-refractivity contribution in [1.29, 1.82) is 0 Å². The number of nitrogen functional groups attached to an aromatic ring is 1. The summed E-state index contributed by atoms with van der Waals surface area (Å²) in [5.41, 5.74) is 5.67. The number of nitrogens with two attached hydrogens (primary N) is 1. The monoisotopic (exact) mass is 298 g/mol. The average Bonchev–Trinajstić information content (AvgIpc) is 2.41. The van der Waals surface area contributed by atoms with Crippen molar-refractivity contribution in [3.05, 3.63) is 18.3 Å². The number of pyridine rings is 1. The minimum absolute atomic E-state index is 0.0581. The van der Waals surface area contributed by atoms with Gasteiger partial charge in [-0.25, -0.2) is 17.7 Å². The van der Waals surface area contributed by atoms with Gasteiger partial charge in [-0.2, -0.15) is 0 Å². The highest BCUT2D eigenvalue weighted by atomic mass is 32.2. The van der Waals surface area contributed by atoms with E-state index in [0.29, 0.717) is 12.5 Å². The fourth-order valence-corrected chi connectivity index (χ4v) is 3.81. The Balaban J connectivity index is 2.08. The molecule has 2 rings (SSSR count). The second-order valence-electron chi connectivity index (χ2n) is 5.42. The third-order valence-electron chi connectivity index (χ3n) is 3.84. The van der Waals surface area contributed by atoms with Gasteiger partial charge >= 0.3 is 0 Å². The minimum atomic E-state index is -3.55. The molecule has 0 aliphatic carbocycles. The highest BCUT2D eigenvalue weighted by molar-refractivity contribution is 7.89. The number of sulfonamides is 1. The zero-order chi connectivity index (χ0) is 14.8. The molecule has 2 N–H and O–H groups in total. The van der Waals surface area contributed by atoms with Crippen LogP contribution in [0.5, 0.6) is 0 Å². The van der Waals surface area contributed by atoms with Gasteiger partial charge in [0.2, 0.25) is 10.0 Å². The quantitative estimate of drug-likeness (QED) is 0.882. The summed E-state index contributed by atoms with van der Waals surface area (Å²) in [6, 6.07) is 3.09. The number of anilines is 1. The molecule has 1 aliphatic rings. The molecule has 1 aromatic heterocycles. The van der Waals surface area contributed by atoms with E-state index in [2.05, 4.69) is 16.9 Å². The molecule has 0 atom stereocenters. The maximum atomic E-state index is 12.5. The molecule has 0 bridgehead atoms. The molecule has 1 aliphatic heterocycles. The molecule has 20 heavy (non-hydrogen) atoms. The molecule has 0 saturated carbocycles. The van der Waals surface area contributed by atoms with E-state index in [1.807, 2.05) is 0 Å². The first-order valence-corrected chi connectivity index (χ1v) is 8.20. The molecule has 112 valence electrons. The maximum Gasteiger partial charge on any atom is 0.246 e. The average molecular weight is 298 g/mol. The van der Waals surface area contributed by atoms with Crippen molar-refractivity contribution in [2.24, 2.45) is 5.92 Å². The van der Waals surface area contributed by atoms with Crippen LogP contribution in [0.3, 0.4) is 0 Å². The molecule has 0 spiro atoms. The molecule has 7 heteroatoms. The van der Waals surface area contributed by atoms with Crippen LogP contribution in [0.2, 0.25) is 0 Å². The van der Waals surface area contributed by atoms with Crippen molar-refractivity contribution >= 4 is 15.8 Å². The zero-order valence-corrected chi connectivity index (χ0v) is 12.8. The van der Waals surface area contributed by atoms with Gasteiger partial charge in [-0.15, -0.1) is 0 Å². The SMILES string of the molecule is CN1CCC(CN(C)S(=O)(=O)c2cccnc2N)CC1. The van der Waals surface area contributed by atoms with Gasteiger partial charge in [-0.1, -0.05) is 0 Å². The van der Waals surface area contributed by atoms with Crippen LogP contribution in [0, 0.1) is 5.92 Å². The van der Waals surface area contributed by atoms with Crippen LogP contribution in [-0.4, -0.2) is 56.3 Å². The number of aromatic nitrogens is 1. The molecule has 6 nitrogen and oxygen atoms in total. The van der Waals surface area contributed by atoms with Crippen LogP contribution in [0.15, 0.2) is 23.2 Å². The van der Waals surface area contributed by atoms with Gasteiger partial charge in [-0.3, -0.25) is 0 Å². The summed E-state index contributed by atoms with van der Waals surface area (Å²) in [6.45, 7) is 2.58. The highest BCUT2D eigenvalue weighted by Crippen LogP contribution is 2.23. The van der Waals surface area contributed by atoms with E-state index in [1.54, 1.807) is 13.1 Å². The normalized spacial score (nSPS) is 18.6. The van der Waals surface area contributed by atoms with E-state index in [9.17, 15) is 8.42 Å². The Morgan fingerprint density at radius 3 is 2.70 bits per heavy atom. The topological polar surface area (TPSA) is 79.5 Å². The van der Waals surface area contributed by atoms with Crippen molar-refractivity contribution < 1.29 is 8.42 Å². The summed E-state index contributed by atoms with van der Waals surface area (Å²) in [4.78, 5) is 6.21. The predicted octanol–water partition coefficient (Wildman–Crippen LogP) is 0.626. The fraction of sp³-hybridized carbons (Fsp3) is 0.615. The second kappa shape index (κ2) is 6.07. The molecule has 1 aromatic rings. The highest BCUT2D eigenvalue weighted by Gasteiger charge is 2.27. The first kappa shape index (κ1) is 15.2. The van der Waals surface area contributed by atoms with E-state index in [1.165, 1.54) is 16.6 Å². The lowest BCUT2D eigenvalue weighted by Crippen LogP contribution is -2.38. The zero-order valence-electron chi connectivity index (χ0n) is 12.0. The van der Waals surface area contributed by atoms with Gasteiger partial charge < -0.3 is 10.6 Å². The Kier molecular flexibility index (Phi) is 4.62. The van der Waals surface area contributed by atoms with E-state index >= 15 is 0 Å². The number of piperidine rings is 1. The summed E-state index contributed by atoms with van der Waals surface area (Å²) in [7, 11) is 0.151. The Morgan fingerprint density at radius 2 is 2.10 bits per heavy atom. The van der Waals surface area contributed by atoms with Crippen LogP contribution < -0.4 is 5.73 Å². The smallest absolute Gasteiger partial charge is 0.246 e. The molecule has 0 amide bonds. The number of hydrogen-bond donors (Lipinski definition) is 1. The van der Waals surface area contributed by atoms with E-state index in [-0.39, 0.29) is 10.7 Å². The summed E-state index contributed by atoms with van der Waals surface area (Å²) in [5.74, 6) is 0.464. The molecular formula is C13H22N4O2S.